The zero-order valence-electron chi connectivity index (χ0n) is 15.1. The molecule has 0 saturated carbocycles. The van der Waals surface area contributed by atoms with Gasteiger partial charge in [0, 0.05) is 25.3 Å². The number of nitrogens with zero attached hydrogens (tertiary/aromatic N) is 4. The summed E-state index contributed by atoms with van der Waals surface area (Å²) in [5.74, 6) is -0.101. The number of fused-ring (bicyclic) bond motifs is 1. The van der Waals surface area contributed by atoms with Gasteiger partial charge in [-0.2, -0.15) is 5.26 Å². The number of rotatable bonds is 3. The van der Waals surface area contributed by atoms with Gasteiger partial charge >= 0.3 is 0 Å². The van der Waals surface area contributed by atoms with E-state index in [0.717, 1.165) is 50.9 Å². The second kappa shape index (κ2) is 7.23. The standard InChI is InChI=1S/C20H21N5O2/c21-13-14-6-8-15(9-7-14)22-19(26)18-23-17(16-5-1-2-12-25(16)18)20(27)24-10-3-4-11-24/h6-9H,1-5,10-12H2,(H,22,26). The van der Waals surface area contributed by atoms with E-state index in [1.54, 1.807) is 24.3 Å². The number of benzene rings is 1. The number of aromatic nitrogens is 2. The second-order valence-corrected chi connectivity index (χ2v) is 6.98. The molecule has 0 atom stereocenters. The van der Waals surface area contributed by atoms with Gasteiger partial charge in [0.25, 0.3) is 11.8 Å². The van der Waals surface area contributed by atoms with Gasteiger partial charge in [0.05, 0.1) is 17.3 Å². The Morgan fingerprint density at radius 2 is 1.74 bits per heavy atom. The summed E-state index contributed by atoms with van der Waals surface area (Å²) in [7, 11) is 0. The number of imidazole rings is 1. The maximum absolute atomic E-state index is 12.9. The first-order chi connectivity index (χ1) is 13.2. The van der Waals surface area contributed by atoms with Crippen molar-refractivity contribution in [3.8, 4) is 6.07 Å². The average molecular weight is 363 g/mol. The lowest BCUT2D eigenvalue weighted by molar-refractivity contribution is 0.0786. The minimum absolute atomic E-state index is 0.0597. The fourth-order valence-electron chi connectivity index (χ4n) is 3.77. The lowest BCUT2D eigenvalue weighted by atomic mass is 10.1. The number of carbonyl (C=O) groups excluding carboxylic acids is 2. The highest BCUT2D eigenvalue weighted by molar-refractivity contribution is 6.03. The molecule has 2 aliphatic heterocycles. The molecule has 0 radical (unpaired) electrons. The third kappa shape index (κ3) is 3.31. The third-order valence-corrected chi connectivity index (χ3v) is 5.19. The van der Waals surface area contributed by atoms with E-state index < -0.39 is 0 Å². The fourth-order valence-corrected chi connectivity index (χ4v) is 3.77. The Labute approximate surface area is 157 Å². The summed E-state index contributed by atoms with van der Waals surface area (Å²) < 4.78 is 1.89. The topological polar surface area (TPSA) is 91.0 Å². The van der Waals surface area contributed by atoms with Crippen molar-refractivity contribution in [2.75, 3.05) is 18.4 Å². The van der Waals surface area contributed by atoms with Crippen molar-refractivity contribution in [2.24, 2.45) is 0 Å². The molecule has 0 unspecified atom stereocenters. The van der Waals surface area contributed by atoms with E-state index in [1.807, 2.05) is 9.47 Å². The molecule has 0 spiro atoms. The number of nitrogens with one attached hydrogen (secondary N) is 1. The van der Waals surface area contributed by atoms with Crippen LogP contribution < -0.4 is 5.32 Å². The minimum Gasteiger partial charge on any atom is -0.337 e. The predicted octanol–water partition coefficient (Wildman–Crippen LogP) is 2.58. The van der Waals surface area contributed by atoms with Crippen LogP contribution in [0.3, 0.4) is 0 Å². The van der Waals surface area contributed by atoms with E-state index in [9.17, 15) is 9.59 Å². The van der Waals surface area contributed by atoms with E-state index in [0.29, 0.717) is 23.5 Å². The molecule has 1 saturated heterocycles. The van der Waals surface area contributed by atoms with Crippen LogP contribution in [0, 0.1) is 11.3 Å². The van der Waals surface area contributed by atoms with Crippen molar-refractivity contribution in [2.45, 2.75) is 38.6 Å². The molecule has 7 heteroatoms. The number of likely N-dealkylation sites (tertiary alicyclic amines) is 1. The number of hydrogen-bond acceptors (Lipinski definition) is 4. The fraction of sp³-hybridized carbons (Fsp3) is 0.400. The smallest absolute Gasteiger partial charge is 0.291 e. The molecule has 138 valence electrons. The van der Waals surface area contributed by atoms with E-state index >= 15 is 0 Å². The molecule has 7 nitrogen and oxygen atoms in total. The van der Waals surface area contributed by atoms with Crippen molar-refractivity contribution < 1.29 is 9.59 Å². The van der Waals surface area contributed by atoms with E-state index in [1.165, 1.54) is 0 Å². The summed E-state index contributed by atoms with van der Waals surface area (Å²) in [6, 6.07) is 8.73. The first kappa shape index (κ1) is 17.3. The minimum atomic E-state index is -0.330. The first-order valence-electron chi connectivity index (χ1n) is 9.37. The van der Waals surface area contributed by atoms with Crippen LogP contribution in [0.25, 0.3) is 0 Å². The summed E-state index contributed by atoms with van der Waals surface area (Å²) >= 11 is 0. The SMILES string of the molecule is N#Cc1ccc(NC(=O)c2nc(C(=O)N3CCCC3)c3n2CCCC3)cc1. The maximum atomic E-state index is 12.9. The van der Waals surface area contributed by atoms with E-state index in [-0.39, 0.29) is 17.6 Å². The predicted molar refractivity (Wildman–Crippen MR) is 99.4 cm³/mol. The van der Waals surface area contributed by atoms with Gasteiger partial charge in [0.1, 0.15) is 5.69 Å². The normalized spacial score (nSPS) is 15.9. The molecule has 2 aromatic rings. The van der Waals surface area contributed by atoms with Crippen molar-refractivity contribution in [3.05, 3.63) is 47.0 Å². The summed E-state index contributed by atoms with van der Waals surface area (Å²) in [5, 5.41) is 11.7. The summed E-state index contributed by atoms with van der Waals surface area (Å²) in [6.45, 7) is 2.22. The van der Waals surface area contributed by atoms with Gasteiger partial charge in [0.15, 0.2) is 5.82 Å². The summed E-state index contributed by atoms with van der Waals surface area (Å²) in [4.78, 5) is 32.0. The Balaban J connectivity index is 1.62. The average Bonchev–Trinajstić information content (AvgIpc) is 3.36. The second-order valence-electron chi connectivity index (χ2n) is 6.98. The molecule has 1 aromatic heterocycles. The molecular formula is C20H21N5O2. The highest BCUT2D eigenvalue weighted by atomic mass is 16.2. The van der Waals surface area contributed by atoms with Crippen molar-refractivity contribution in [3.63, 3.8) is 0 Å². The van der Waals surface area contributed by atoms with Gasteiger partial charge in [0.2, 0.25) is 0 Å². The lowest BCUT2D eigenvalue weighted by Gasteiger charge is -2.18. The molecule has 1 fully saturated rings. The molecule has 1 aromatic carbocycles. The van der Waals surface area contributed by atoms with Crippen LogP contribution in [0.5, 0.6) is 0 Å². The summed E-state index contributed by atoms with van der Waals surface area (Å²) in [5.41, 5.74) is 2.44. The lowest BCUT2D eigenvalue weighted by Crippen LogP contribution is -2.29. The van der Waals surface area contributed by atoms with Gasteiger partial charge < -0.3 is 14.8 Å². The van der Waals surface area contributed by atoms with Gasteiger partial charge in [-0.25, -0.2) is 4.98 Å². The van der Waals surface area contributed by atoms with Crippen LogP contribution in [-0.2, 0) is 13.0 Å². The highest BCUT2D eigenvalue weighted by Gasteiger charge is 2.30. The number of amides is 2. The molecule has 3 heterocycles. The van der Waals surface area contributed by atoms with Crippen molar-refractivity contribution >= 4 is 17.5 Å². The van der Waals surface area contributed by atoms with Crippen LogP contribution in [0.2, 0.25) is 0 Å². The van der Waals surface area contributed by atoms with Crippen molar-refractivity contribution in [1.29, 1.82) is 5.26 Å². The number of carbonyl (C=O) groups is 2. The molecular weight excluding hydrogens is 342 g/mol. The van der Waals surface area contributed by atoms with Gasteiger partial charge in [-0.05, 0) is 56.4 Å². The monoisotopic (exact) mass is 363 g/mol. The number of hydrogen-bond donors (Lipinski definition) is 1. The number of nitriles is 1. The van der Waals surface area contributed by atoms with Gasteiger partial charge in [-0.15, -0.1) is 0 Å². The number of anilines is 1. The molecule has 2 aliphatic rings. The quantitative estimate of drug-likeness (QED) is 0.907. The van der Waals surface area contributed by atoms with Crippen LogP contribution in [-0.4, -0.2) is 39.4 Å². The Kier molecular flexibility index (Phi) is 4.63. The van der Waals surface area contributed by atoms with Crippen LogP contribution >= 0.6 is 0 Å². The Morgan fingerprint density at radius 1 is 1.04 bits per heavy atom. The zero-order valence-corrected chi connectivity index (χ0v) is 15.1. The molecule has 1 N–H and O–H groups in total. The Morgan fingerprint density at radius 3 is 2.44 bits per heavy atom. The molecule has 4 rings (SSSR count). The maximum Gasteiger partial charge on any atom is 0.291 e. The third-order valence-electron chi connectivity index (χ3n) is 5.19. The van der Waals surface area contributed by atoms with Crippen LogP contribution in [0.15, 0.2) is 24.3 Å². The van der Waals surface area contributed by atoms with Gasteiger partial charge in [-0.3, -0.25) is 9.59 Å². The Hall–Kier alpha value is -3.14. The molecule has 0 aliphatic carbocycles. The Bertz CT molecular complexity index is 917. The molecule has 0 bridgehead atoms. The molecule has 2 amide bonds. The highest BCUT2D eigenvalue weighted by Crippen LogP contribution is 2.24. The largest absolute Gasteiger partial charge is 0.337 e. The first-order valence-corrected chi connectivity index (χ1v) is 9.37. The van der Waals surface area contributed by atoms with E-state index in [4.69, 9.17) is 5.26 Å². The van der Waals surface area contributed by atoms with Crippen LogP contribution in [0.4, 0.5) is 5.69 Å². The van der Waals surface area contributed by atoms with E-state index in [2.05, 4.69) is 16.4 Å². The zero-order chi connectivity index (χ0) is 18.8. The van der Waals surface area contributed by atoms with Crippen LogP contribution in [0.1, 0.15) is 58.0 Å². The van der Waals surface area contributed by atoms with Gasteiger partial charge in [-0.1, -0.05) is 0 Å². The summed E-state index contributed by atoms with van der Waals surface area (Å²) in [6.07, 6.45) is 4.79. The van der Waals surface area contributed by atoms with Crippen molar-refractivity contribution in [1.82, 2.24) is 14.5 Å². The molecule has 27 heavy (non-hydrogen) atoms.